The molecule has 7 heteroatoms. The van der Waals surface area contributed by atoms with Crippen molar-refractivity contribution in [3.63, 3.8) is 0 Å². The van der Waals surface area contributed by atoms with Gasteiger partial charge in [0.15, 0.2) is 0 Å². The molecule has 4 nitrogen and oxygen atoms in total. The number of benzene rings is 1. The van der Waals surface area contributed by atoms with E-state index in [-0.39, 0.29) is 0 Å². The summed E-state index contributed by atoms with van der Waals surface area (Å²) >= 11 is 0. The first-order valence-corrected chi connectivity index (χ1v) is 8.75. The summed E-state index contributed by atoms with van der Waals surface area (Å²) < 4.78 is 43.8. The van der Waals surface area contributed by atoms with E-state index in [2.05, 4.69) is 15.3 Å². The topological polar surface area (TPSA) is 47.0 Å². The molecule has 4 rings (SSSR count). The molecule has 1 N–H and O–H groups in total. The van der Waals surface area contributed by atoms with E-state index < -0.39 is 11.7 Å². The molecule has 1 saturated heterocycles. The summed E-state index contributed by atoms with van der Waals surface area (Å²) in [6.07, 6.45) is -0.00242. The molecular formula is C20H18F3N3O. The number of alkyl halides is 3. The molecule has 27 heavy (non-hydrogen) atoms. The normalized spacial score (nSPS) is 17.4. The molecule has 0 saturated carbocycles. The third-order valence-electron chi connectivity index (χ3n) is 4.75. The van der Waals surface area contributed by atoms with Crippen LogP contribution < -0.4 is 5.32 Å². The minimum Gasteiger partial charge on any atom is -0.381 e. The van der Waals surface area contributed by atoms with Crippen LogP contribution in [-0.2, 0) is 10.9 Å². The number of anilines is 1. The Bertz CT molecular complexity index is 935. The van der Waals surface area contributed by atoms with Crippen LogP contribution >= 0.6 is 0 Å². The first kappa shape index (κ1) is 17.7. The van der Waals surface area contributed by atoms with Crippen LogP contribution in [0, 0.1) is 5.92 Å². The van der Waals surface area contributed by atoms with Crippen molar-refractivity contribution < 1.29 is 17.9 Å². The van der Waals surface area contributed by atoms with Gasteiger partial charge in [0.25, 0.3) is 0 Å². The maximum absolute atomic E-state index is 12.8. The molecule has 140 valence electrons. The lowest BCUT2D eigenvalue weighted by Crippen LogP contribution is -2.15. The summed E-state index contributed by atoms with van der Waals surface area (Å²) in [7, 11) is 0. The minimum atomic E-state index is -4.35. The van der Waals surface area contributed by atoms with Crippen molar-refractivity contribution in [2.24, 2.45) is 5.92 Å². The number of ether oxygens (including phenoxy) is 1. The van der Waals surface area contributed by atoms with Gasteiger partial charge in [-0.3, -0.25) is 4.98 Å². The van der Waals surface area contributed by atoms with Gasteiger partial charge in [-0.05, 0) is 36.2 Å². The summed E-state index contributed by atoms with van der Waals surface area (Å²) in [6.45, 7) is 2.29. The highest BCUT2D eigenvalue weighted by Crippen LogP contribution is 2.33. The number of aromatic nitrogens is 2. The molecule has 1 aliphatic heterocycles. The highest BCUT2D eigenvalue weighted by atomic mass is 19.4. The maximum Gasteiger partial charge on any atom is 0.416 e. The zero-order valence-corrected chi connectivity index (χ0v) is 14.5. The van der Waals surface area contributed by atoms with Gasteiger partial charge in [-0.15, -0.1) is 0 Å². The maximum atomic E-state index is 12.8. The van der Waals surface area contributed by atoms with Crippen LogP contribution in [0.25, 0.3) is 22.0 Å². The molecule has 3 heterocycles. The van der Waals surface area contributed by atoms with Crippen LogP contribution in [0.1, 0.15) is 12.0 Å². The summed E-state index contributed by atoms with van der Waals surface area (Å²) in [5.41, 5.74) is 1.38. The highest BCUT2D eigenvalue weighted by molar-refractivity contribution is 5.98. The van der Waals surface area contributed by atoms with Gasteiger partial charge < -0.3 is 10.1 Å². The van der Waals surface area contributed by atoms with Gasteiger partial charge in [0, 0.05) is 42.4 Å². The van der Waals surface area contributed by atoms with Gasteiger partial charge in [0.05, 0.1) is 17.7 Å². The van der Waals surface area contributed by atoms with E-state index in [9.17, 15) is 13.2 Å². The number of nitrogens with one attached hydrogen (secondary N) is 1. The Balaban J connectivity index is 1.67. The predicted octanol–water partition coefficient (Wildman–Crippen LogP) is 4.76. The fraction of sp³-hybridized carbons (Fsp3) is 0.300. The number of fused-ring (bicyclic) bond motifs is 1. The van der Waals surface area contributed by atoms with Crippen LogP contribution in [0.2, 0.25) is 0 Å². The molecule has 0 radical (unpaired) electrons. The Morgan fingerprint density at radius 1 is 1.11 bits per heavy atom. The fourth-order valence-corrected chi connectivity index (χ4v) is 3.25. The first-order valence-electron chi connectivity index (χ1n) is 8.75. The van der Waals surface area contributed by atoms with Gasteiger partial charge in [-0.25, -0.2) is 4.98 Å². The summed E-state index contributed by atoms with van der Waals surface area (Å²) in [4.78, 5) is 8.94. The molecule has 1 aromatic carbocycles. The van der Waals surface area contributed by atoms with E-state index in [1.54, 1.807) is 12.4 Å². The minimum absolute atomic E-state index is 0.452. The Hall–Kier alpha value is -2.67. The van der Waals surface area contributed by atoms with Gasteiger partial charge in [-0.1, -0.05) is 12.1 Å². The Labute approximate surface area is 154 Å². The summed E-state index contributed by atoms with van der Waals surface area (Å²) in [6, 6.07) is 8.81. The van der Waals surface area contributed by atoms with Crippen LogP contribution in [0.3, 0.4) is 0 Å². The van der Waals surface area contributed by atoms with Crippen LogP contribution in [0.5, 0.6) is 0 Å². The third-order valence-corrected chi connectivity index (χ3v) is 4.75. The van der Waals surface area contributed by atoms with Crippen molar-refractivity contribution in [1.29, 1.82) is 0 Å². The second-order valence-corrected chi connectivity index (χ2v) is 6.61. The Morgan fingerprint density at radius 2 is 1.93 bits per heavy atom. The summed E-state index contributed by atoms with van der Waals surface area (Å²) in [5, 5.41) is 4.20. The zero-order valence-electron chi connectivity index (χ0n) is 14.5. The number of nitrogens with zero attached hydrogens (tertiary/aromatic N) is 2. The van der Waals surface area contributed by atoms with Crippen molar-refractivity contribution in [2.45, 2.75) is 12.6 Å². The Kier molecular flexibility index (Phi) is 4.70. The highest BCUT2D eigenvalue weighted by Gasteiger charge is 2.30. The van der Waals surface area contributed by atoms with Gasteiger partial charge in [-0.2, -0.15) is 13.2 Å². The molecule has 0 bridgehead atoms. The van der Waals surface area contributed by atoms with E-state index in [0.29, 0.717) is 22.6 Å². The molecule has 0 aliphatic carbocycles. The van der Waals surface area contributed by atoms with Gasteiger partial charge in [0.2, 0.25) is 0 Å². The van der Waals surface area contributed by atoms with Crippen molar-refractivity contribution >= 4 is 16.7 Å². The van der Waals surface area contributed by atoms with Crippen LogP contribution in [0.4, 0.5) is 19.0 Å². The molecule has 1 aliphatic rings. The monoisotopic (exact) mass is 373 g/mol. The molecule has 3 aromatic rings. The van der Waals surface area contributed by atoms with E-state index in [0.717, 1.165) is 49.5 Å². The van der Waals surface area contributed by atoms with E-state index in [1.807, 2.05) is 12.1 Å². The first-order chi connectivity index (χ1) is 13.0. The number of halogens is 3. The van der Waals surface area contributed by atoms with Crippen molar-refractivity contribution in [3.05, 3.63) is 54.4 Å². The average Bonchev–Trinajstić information content (AvgIpc) is 3.19. The molecule has 1 fully saturated rings. The number of hydrogen-bond acceptors (Lipinski definition) is 4. The zero-order chi connectivity index (χ0) is 18.9. The standard InChI is InChI=1S/C20H18F3N3O/c21-20(22,23)15-5-3-14(4-6-15)17-11-26-19(16-2-1-8-24-18(16)17)25-10-13-7-9-27-12-13/h1-6,8,11,13H,7,9-10,12H2,(H,25,26). The molecule has 1 unspecified atom stereocenters. The second-order valence-electron chi connectivity index (χ2n) is 6.61. The molecule has 0 amide bonds. The lowest BCUT2D eigenvalue weighted by Gasteiger charge is -2.14. The Morgan fingerprint density at radius 3 is 2.63 bits per heavy atom. The van der Waals surface area contributed by atoms with Crippen LogP contribution in [-0.4, -0.2) is 29.7 Å². The number of pyridine rings is 2. The quantitative estimate of drug-likeness (QED) is 0.716. The predicted molar refractivity (Wildman–Crippen MR) is 97.4 cm³/mol. The van der Waals surface area contributed by atoms with Crippen molar-refractivity contribution in [1.82, 2.24) is 9.97 Å². The van der Waals surface area contributed by atoms with E-state index in [4.69, 9.17) is 4.74 Å². The van der Waals surface area contributed by atoms with Gasteiger partial charge >= 0.3 is 6.18 Å². The van der Waals surface area contributed by atoms with E-state index >= 15 is 0 Å². The lowest BCUT2D eigenvalue weighted by atomic mass is 10.0. The third kappa shape index (κ3) is 3.73. The van der Waals surface area contributed by atoms with Crippen molar-refractivity contribution in [2.75, 3.05) is 25.1 Å². The largest absolute Gasteiger partial charge is 0.416 e. The molecule has 1 atom stereocenters. The number of hydrogen-bond donors (Lipinski definition) is 1. The van der Waals surface area contributed by atoms with E-state index in [1.165, 1.54) is 12.1 Å². The van der Waals surface area contributed by atoms with Gasteiger partial charge in [0.1, 0.15) is 5.82 Å². The molecular weight excluding hydrogens is 355 g/mol. The molecule has 2 aromatic heterocycles. The average molecular weight is 373 g/mol. The number of rotatable bonds is 4. The van der Waals surface area contributed by atoms with Crippen LogP contribution in [0.15, 0.2) is 48.8 Å². The SMILES string of the molecule is FC(F)(F)c1ccc(-c2cnc(NCC3CCOC3)c3cccnc23)cc1. The fourth-order valence-electron chi connectivity index (χ4n) is 3.25. The molecule has 0 spiro atoms. The second kappa shape index (κ2) is 7.15. The smallest absolute Gasteiger partial charge is 0.381 e. The summed E-state index contributed by atoms with van der Waals surface area (Å²) in [5.74, 6) is 1.17. The van der Waals surface area contributed by atoms with Crippen molar-refractivity contribution in [3.8, 4) is 11.1 Å². The lowest BCUT2D eigenvalue weighted by molar-refractivity contribution is -0.137.